The first-order chi connectivity index (χ1) is 28.7. The first kappa shape index (κ1) is 31.7. The van der Waals surface area contributed by atoms with Gasteiger partial charge in [0.25, 0.3) is 0 Å². The Hall–Kier alpha value is -6.38. The number of hydrogen-bond acceptors (Lipinski definition) is 1. The Labute approximate surface area is 337 Å². The maximum absolute atomic E-state index is 6.33. The first-order valence-corrected chi connectivity index (χ1v) is 21.4. The summed E-state index contributed by atoms with van der Waals surface area (Å²) in [6.07, 6.45) is 7.08. The molecule has 4 bridgehead atoms. The Kier molecular flexibility index (Phi) is 6.22. The second-order valence-electron chi connectivity index (χ2n) is 18.1. The number of benzene rings is 8. The van der Waals surface area contributed by atoms with Crippen molar-refractivity contribution in [2.75, 3.05) is 0 Å². The van der Waals surface area contributed by atoms with Gasteiger partial charge in [-0.2, -0.15) is 0 Å². The van der Waals surface area contributed by atoms with Crippen LogP contribution < -0.4 is 0 Å². The van der Waals surface area contributed by atoms with Crippen LogP contribution in [0.4, 0.5) is 0 Å². The van der Waals surface area contributed by atoms with Crippen LogP contribution in [0.2, 0.25) is 0 Å². The molecular weight excluding hydrogens is 703 g/mol. The number of fused-ring (bicyclic) bond motifs is 10. The zero-order valence-electron chi connectivity index (χ0n) is 32.3. The minimum atomic E-state index is 0.153. The van der Waals surface area contributed by atoms with Gasteiger partial charge in [0.2, 0.25) is 0 Å². The highest BCUT2D eigenvalue weighted by Gasteiger charge is 2.61. The van der Waals surface area contributed by atoms with E-state index in [1.54, 1.807) is 11.1 Å². The lowest BCUT2D eigenvalue weighted by atomic mass is 9.43. The van der Waals surface area contributed by atoms with Gasteiger partial charge in [-0.1, -0.05) is 121 Å². The molecule has 0 aliphatic heterocycles. The Morgan fingerprint density at radius 1 is 0.397 bits per heavy atom. The van der Waals surface area contributed by atoms with Gasteiger partial charge < -0.3 is 8.98 Å². The standard InChI is InChI=1S/C56H41NO/c1-2-11-44-41(9-1)40(37-19-20-43-42-10-3-6-14-49(42)56(50(43)30-37)38-26-33-25-34(28-38)29-39(56)27-33)23-24-52(44)57-51-15-7-4-12-45(51)46-21-17-35(31-53(46)57)36-18-22-48-47-13-5-8-16-54(47)58-55(48)32-36/h1-24,30-34,38-39H,25-29H2. The largest absolute Gasteiger partial charge is 0.456 e. The normalized spacial score (nSPS) is 22.9. The minimum Gasteiger partial charge on any atom is -0.456 e. The molecule has 1 spiro atoms. The molecule has 0 N–H and O–H groups in total. The van der Waals surface area contributed by atoms with Crippen LogP contribution in [0.25, 0.3) is 93.6 Å². The molecule has 2 nitrogen and oxygen atoms in total. The molecule has 4 saturated carbocycles. The molecule has 0 unspecified atom stereocenters. The van der Waals surface area contributed by atoms with Crippen molar-refractivity contribution in [3.63, 3.8) is 0 Å². The molecule has 0 saturated heterocycles. The quantitative estimate of drug-likeness (QED) is 0.176. The Balaban J connectivity index is 0.948. The third-order valence-corrected chi connectivity index (χ3v) is 15.4. The van der Waals surface area contributed by atoms with Gasteiger partial charge >= 0.3 is 0 Å². The molecule has 15 rings (SSSR count). The van der Waals surface area contributed by atoms with Crippen LogP contribution in [0.1, 0.15) is 43.2 Å². The highest BCUT2D eigenvalue weighted by Crippen LogP contribution is 2.69. The summed E-state index contributed by atoms with van der Waals surface area (Å²) in [4.78, 5) is 0. The third kappa shape index (κ3) is 4.08. The van der Waals surface area contributed by atoms with Gasteiger partial charge in [0.1, 0.15) is 11.2 Å². The lowest BCUT2D eigenvalue weighted by Gasteiger charge is -2.61. The molecule has 4 fully saturated rings. The molecule has 2 aromatic heterocycles. The molecule has 0 amide bonds. The van der Waals surface area contributed by atoms with Crippen LogP contribution >= 0.6 is 0 Å². The average molecular weight is 744 g/mol. The van der Waals surface area contributed by atoms with Crippen molar-refractivity contribution in [1.82, 2.24) is 4.57 Å². The lowest BCUT2D eigenvalue weighted by molar-refractivity contribution is -0.0399. The summed E-state index contributed by atoms with van der Waals surface area (Å²) in [5, 5.41) is 7.41. The molecule has 276 valence electrons. The number of nitrogens with zero attached hydrogens (tertiary/aromatic N) is 1. The van der Waals surface area contributed by atoms with E-state index in [4.69, 9.17) is 4.42 Å². The Bertz CT molecular complexity index is 3350. The smallest absolute Gasteiger partial charge is 0.136 e. The van der Waals surface area contributed by atoms with Crippen LogP contribution in [0.3, 0.4) is 0 Å². The van der Waals surface area contributed by atoms with E-state index >= 15 is 0 Å². The van der Waals surface area contributed by atoms with Crippen LogP contribution in [0.15, 0.2) is 168 Å². The van der Waals surface area contributed by atoms with E-state index in [0.29, 0.717) is 0 Å². The summed E-state index contributed by atoms with van der Waals surface area (Å²) in [6, 6.07) is 61.7. The Morgan fingerprint density at radius 2 is 1.00 bits per heavy atom. The van der Waals surface area contributed by atoms with Gasteiger partial charge in [0.05, 0.1) is 16.7 Å². The van der Waals surface area contributed by atoms with Crippen molar-refractivity contribution in [3.05, 3.63) is 175 Å². The van der Waals surface area contributed by atoms with E-state index in [1.807, 2.05) is 6.07 Å². The minimum absolute atomic E-state index is 0.153. The summed E-state index contributed by atoms with van der Waals surface area (Å²) in [7, 11) is 0. The van der Waals surface area contributed by atoms with E-state index in [0.717, 1.165) is 51.2 Å². The van der Waals surface area contributed by atoms with Crippen LogP contribution in [0.5, 0.6) is 0 Å². The number of aromatic nitrogens is 1. The number of furan rings is 1. The van der Waals surface area contributed by atoms with Gasteiger partial charge in [0.15, 0.2) is 0 Å². The van der Waals surface area contributed by atoms with Crippen molar-refractivity contribution in [2.24, 2.45) is 23.7 Å². The molecule has 58 heavy (non-hydrogen) atoms. The van der Waals surface area contributed by atoms with Crippen molar-refractivity contribution in [1.29, 1.82) is 0 Å². The van der Waals surface area contributed by atoms with Crippen LogP contribution in [-0.4, -0.2) is 4.57 Å². The van der Waals surface area contributed by atoms with Gasteiger partial charge in [-0.15, -0.1) is 0 Å². The molecule has 2 heteroatoms. The predicted molar refractivity (Wildman–Crippen MR) is 240 cm³/mol. The molecule has 2 heterocycles. The number of para-hydroxylation sites is 2. The molecule has 8 aromatic carbocycles. The highest BCUT2D eigenvalue weighted by molar-refractivity contribution is 6.13. The molecule has 10 aromatic rings. The fraction of sp³-hybridized carbons (Fsp3) is 0.179. The number of hydrogen-bond donors (Lipinski definition) is 0. The van der Waals surface area contributed by atoms with Crippen LogP contribution in [-0.2, 0) is 5.41 Å². The van der Waals surface area contributed by atoms with Gasteiger partial charge in [-0.3, -0.25) is 0 Å². The van der Waals surface area contributed by atoms with E-state index in [9.17, 15) is 0 Å². The number of rotatable bonds is 3. The van der Waals surface area contributed by atoms with E-state index in [-0.39, 0.29) is 5.41 Å². The topological polar surface area (TPSA) is 18.1 Å². The molecular formula is C56H41NO. The fourth-order valence-electron chi connectivity index (χ4n) is 13.4. The maximum atomic E-state index is 6.33. The van der Waals surface area contributed by atoms with E-state index < -0.39 is 0 Å². The van der Waals surface area contributed by atoms with Crippen molar-refractivity contribution >= 4 is 54.5 Å². The third-order valence-electron chi connectivity index (χ3n) is 15.4. The van der Waals surface area contributed by atoms with Gasteiger partial charge in [-0.25, -0.2) is 0 Å². The highest BCUT2D eigenvalue weighted by atomic mass is 16.3. The van der Waals surface area contributed by atoms with Gasteiger partial charge in [0, 0.05) is 32.3 Å². The second-order valence-corrected chi connectivity index (χ2v) is 18.1. The zero-order chi connectivity index (χ0) is 37.7. The summed E-state index contributed by atoms with van der Waals surface area (Å²) < 4.78 is 8.84. The first-order valence-electron chi connectivity index (χ1n) is 21.4. The summed E-state index contributed by atoms with van der Waals surface area (Å²) >= 11 is 0. The van der Waals surface area contributed by atoms with Crippen molar-refractivity contribution < 1.29 is 4.42 Å². The average Bonchev–Trinajstić information content (AvgIpc) is 3.90. The van der Waals surface area contributed by atoms with Crippen molar-refractivity contribution in [2.45, 2.75) is 37.5 Å². The SMILES string of the molecule is c1ccc2c(c1)-c1ccc(-c3ccc(-n4c5ccccc5c5ccc(-c6ccc7c(c6)oc6ccccc67)cc54)c4ccccc34)cc1C21C2CC3CC(C2)CC1C3. The predicted octanol–water partition coefficient (Wildman–Crippen LogP) is 14.9. The fourth-order valence-corrected chi connectivity index (χ4v) is 13.4. The molecule has 0 atom stereocenters. The summed E-state index contributed by atoms with van der Waals surface area (Å²) in [5.41, 5.74) is 16.8. The lowest BCUT2D eigenvalue weighted by Crippen LogP contribution is -2.55. The summed E-state index contributed by atoms with van der Waals surface area (Å²) in [6.45, 7) is 0. The second kappa shape index (κ2) is 11.4. The zero-order valence-corrected chi connectivity index (χ0v) is 32.3. The summed E-state index contributed by atoms with van der Waals surface area (Å²) in [5.74, 6) is 3.37. The van der Waals surface area contributed by atoms with Gasteiger partial charge in [-0.05, 0) is 148 Å². The van der Waals surface area contributed by atoms with Crippen molar-refractivity contribution in [3.8, 4) is 39.1 Å². The van der Waals surface area contributed by atoms with E-state index in [2.05, 4.69) is 162 Å². The van der Waals surface area contributed by atoms with Crippen LogP contribution in [0, 0.1) is 23.7 Å². The molecule has 0 radical (unpaired) electrons. The monoisotopic (exact) mass is 743 g/mol. The maximum Gasteiger partial charge on any atom is 0.136 e. The molecule has 5 aliphatic rings. The molecule has 5 aliphatic carbocycles. The van der Waals surface area contributed by atoms with E-state index in [1.165, 1.54) is 98.2 Å². The Morgan fingerprint density at radius 3 is 1.84 bits per heavy atom.